The van der Waals surface area contributed by atoms with E-state index >= 15 is 0 Å². The summed E-state index contributed by atoms with van der Waals surface area (Å²) in [5, 5.41) is 27.3. The number of H-pyrrole nitrogens is 1. The third kappa shape index (κ3) is 2.71. The van der Waals surface area contributed by atoms with E-state index in [-0.39, 0.29) is 24.9 Å². The number of aliphatic hydroxyl groups is 1. The molecule has 0 saturated heterocycles. The number of pyridine rings is 1. The summed E-state index contributed by atoms with van der Waals surface area (Å²) in [4.78, 5) is 7.65. The van der Waals surface area contributed by atoms with Gasteiger partial charge in [0.2, 0.25) is 0 Å². The smallest absolute Gasteiger partial charge is 0.307 e. The summed E-state index contributed by atoms with van der Waals surface area (Å²) in [6, 6.07) is 2.02. The van der Waals surface area contributed by atoms with E-state index in [9.17, 15) is 10.1 Å². The number of hydrogen-bond donors (Lipinski definition) is 4. The fourth-order valence-corrected chi connectivity index (χ4v) is 6.19. The maximum Gasteiger partial charge on any atom is 0.307 e. The van der Waals surface area contributed by atoms with Crippen LogP contribution < -0.4 is 10.9 Å². The van der Waals surface area contributed by atoms with Crippen LogP contribution in [0.25, 0.3) is 11.0 Å². The Morgan fingerprint density at radius 2 is 2.18 bits per heavy atom. The van der Waals surface area contributed by atoms with Gasteiger partial charge in [-0.15, -0.1) is 0 Å². The minimum atomic E-state index is -0.537. The fourth-order valence-electron chi connectivity index (χ4n) is 6.19. The molecule has 0 spiro atoms. The van der Waals surface area contributed by atoms with Crippen molar-refractivity contribution in [3.05, 3.63) is 24.0 Å². The molecule has 2 aromatic rings. The standard InChI is InChI=1S/C21H29BN4O2/c1-20(2,3)26-25-18(16-12-6-11-7-14(16)21(27,8-11)9-12)17-13-4-5-23-19(13)24-10-15(17)22-28/h4-5,10-12,14,16,22,26-28H,6-9H2,1-3H3,(H,23,24)/b25-18-. The molecule has 4 bridgehead atoms. The number of rotatable bonds is 4. The van der Waals surface area contributed by atoms with E-state index in [1.807, 2.05) is 12.3 Å². The second-order valence-electron chi connectivity index (χ2n) is 10.2. The third-order valence-electron chi connectivity index (χ3n) is 7.03. The predicted molar refractivity (Wildman–Crippen MR) is 112 cm³/mol. The monoisotopic (exact) mass is 380 g/mol. The maximum atomic E-state index is 11.3. The Balaban J connectivity index is 1.68. The molecule has 0 aliphatic heterocycles. The minimum Gasteiger partial charge on any atom is -0.449 e. The third-order valence-corrected chi connectivity index (χ3v) is 7.03. The fraction of sp³-hybridized carbons (Fsp3) is 0.619. The van der Waals surface area contributed by atoms with Crippen molar-refractivity contribution in [2.45, 2.75) is 57.6 Å². The number of aromatic nitrogens is 2. The molecule has 4 fully saturated rings. The van der Waals surface area contributed by atoms with Gasteiger partial charge in [-0.25, -0.2) is 4.98 Å². The van der Waals surface area contributed by atoms with E-state index in [0.717, 1.165) is 47.0 Å². The average molecular weight is 380 g/mol. The van der Waals surface area contributed by atoms with Gasteiger partial charge < -0.3 is 20.5 Å². The van der Waals surface area contributed by atoms with E-state index in [4.69, 9.17) is 5.10 Å². The first-order chi connectivity index (χ1) is 13.3. The lowest BCUT2D eigenvalue weighted by atomic mass is 9.70. The summed E-state index contributed by atoms with van der Waals surface area (Å²) in [5.74, 6) is 1.58. The molecule has 5 atom stereocenters. The van der Waals surface area contributed by atoms with E-state index in [1.54, 1.807) is 6.20 Å². The molecule has 4 saturated carbocycles. The van der Waals surface area contributed by atoms with Gasteiger partial charge in [0.05, 0.1) is 11.3 Å². The first-order valence-electron chi connectivity index (χ1n) is 10.4. The Kier molecular flexibility index (Phi) is 3.94. The van der Waals surface area contributed by atoms with Crippen molar-refractivity contribution in [2.24, 2.45) is 28.8 Å². The zero-order chi connectivity index (χ0) is 19.7. The number of hydrazone groups is 1. The first kappa shape index (κ1) is 18.2. The average Bonchev–Trinajstić information content (AvgIpc) is 3.23. The lowest BCUT2D eigenvalue weighted by molar-refractivity contribution is 0.00919. The second kappa shape index (κ2) is 6.07. The van der Waals surface area contributed by atoms with Gasteiger partial charge in [0.15, 0.2) is 0 Å². The lowest BCUT2D eigenvalue weighted by Crippen LogP contribution is -2.39. The molecule has 28 heavy (non-hydrogen) atoms. The van der Waals surface area contributed by atoms with Crippen LogP contribution in [-0.4, -0.2) is 44.4 Å². The Bertz CT molecular complexity index is 950. The largest absolute Gasteiger partial charge is 0.449 e. The Morgan fingerprint density at radius 1 is 1.36 bits per heavy atom. The van der Waals surface area contributed by atoms with Gasteiger partial charge in [-0.1, -0.05) is 0 Å². The molecule has 148 valence electrons. The van der Waals surface area contributed by atoms with Crippen LogP contribution in [0.4, 0.5) is 0 Å². The highest BCUT2D eigenvalue weighted by molar-refractivity contribution is 6.49. The van der Waals surface area contributed by atoms with Crippen molar-refractivity contribution >= 4 is 29.7 Å². The summed E-state index contributed by atoms with van der Waals surface area (Å²) in [5.41, 5.74) is 6.20. The first-order valence-corrected chi connectivity index (χ1v) is 10.4. The SMILES string of the molecule is CC(C)(C)N/N=C(\c1c(BO)cnc2[nH]ccc12)C1C2CC3CC1C(O)(C3)C2. The molecule has 6 nitrogen and oxygen atoms in total. The zero-order valence-electron chi connectivity index (χ0n) is 16.9. The van der Waals surface area contributed by atoms with Gasteiger partial charge in [-0.05, 0) is 75.7 Å². The second-order valence-corrected chi connectivity index (χ2v) is 10.2. The number of aromatic amines is 1. The number of hydrogen-bond acceptors (Lipinski definition) is 5. The van der Waals surface area contributed by atoms with Crippen LogP contribution in [0.1, 0.15) is 52.0 Å². The van der Waals surface area contributed by atoms with Crippen molar-refractivity contribution in [2.75, 3.05) is 0 Å². The minimum absolute atomic E-state index is 0.0765. The van der Waals surface area contributed by atoms with E-state index in [0.29, 0.717) is 11.8 Å². The van der Waals surface area contributed by atoms with Crippen molar-refractivity contribution in [1.29, 1.82) is 0 Å². The summed E-state index contributed by atoms with van der Waals surface area (Å²) in [6.07, 6.45) is 7.71. The number of nitrogens with one attached hydrogen (secondary N) is 2. The Hall–Kier alpha value is -1.86. The molecule has 0 aromatic carbocycles. The number of nitrogens with zero attached hydrogens (tertiary/aromatic N) is 2. The van der Waals surface area contributed by atoms with E-state index < -0.39 is 5.60 Å². The van der Waals surface area contributed by atoms with Crippen LogP contribution in [0.2, 0.25) is 0 Å². The molecule has 4 N–H and O–H groups in total. The van der Waals surface area contributed by atoms with Gasteiger partial charge in [0, 0.05) is 34.8 Å². The van der Waals surface area contributed by atoms with Gasteiger partial charge in [0.1, 0.15) is 5.65 Å². The van der Waals surface area contributed by atoms with Crippen LogP contribution in [0, 0.1) is 23.7 Å². The highest BCUT2D eigenvalue weighted by Crippen LogP contribution is 2.63. The quantitative estimate of drug-likeness (QED) is 0.367. The van der Waals surface area contributed by atoms with E-state index in [2.05, 4.69) is 36.2 Å². The molecule has 0 radical (unpaired) electrons. The Labute approximate surface area is 166 Å². The van der Waals surface area contributed by atoms with Crippen LogP contribution in [0.15, 0.2) is 23.6 Å². The predicted octanol–water partition coefficient (Wildman–Crippen LogP) is 1.42. The topological polar surface area (TPSA) is 93.5 Å². The molecular weight excluding hydrogens is 351 g/mol. The summed E-state index contributed by atoms with van der Waals surface area (Å²) in [6.45, 7) is 6.29. The highest BCUT2D eigenvalue weighted by Gasteiger charge is 2.63. The molecule has 0 amide bonds. The maximum absolute atomic E-state index is 11.3. The van der Waals surface area contributed by atoms with Gasteiger partial charge >= 0.3 is 7.48 Å². The normalized spacial score (nSPS) is 34.4. The van der Waals surface area contributed by atoms with Crippen LogP contribution in [0.5, 0.6) is 0 Å². The van der Waals surface area contributed by atoms with Crippen molar-refractivity contribution < 1.29 is 10.1 Å². The molecule has 7 heteroatoms. The molecular formula is C21H29BN4O2. The van der Waals surface area contributed by atoms with Crippen molar-refractivity contribution in [3.8, 4) is 0 Å². The molecule has 4 aliphatic carbocycles. The summed E-state index contributed by atoms with van der Waals surface area (Å²) < 4.78 is 0. The molecule has 2 aromatic heterocycles. The van der Waals surface area contributed by atoms with Crippen LogP contribution in [0.3, 0.4) is 0 Å². The molecule has 5 unspecified atom stereocenters. The van der Waals surface area contributed by atoms with Crippen LogP contribution >= 0.6 is 0 Å². The molecule has 2 heterocycles. The number of fused-ring (bicyclic) bond motifs is 1. The van der Waals surface area contributed by atoms with Crippen molar-refractivity contribution in [1.82, 2.24) is 15.4 Å². The van der Waals surface area contributed by atoms with Gasteiger partial charge in [-0.2, -0.15) is 5.10 Å². The summed E-state index contributed by atoms with van der Waals surface area (Å²) >= 11 is 0. The lowest BCUT2D eigenvalue weighted by Gasteiger charge is -2.34. The van der Waals surface area contributed by atoms with Gasteiger partial charge in [-0.3, -0.25) is 0 Å². The van der Waals surface area contributed by atoms with Crippen molar-refractivity contribution in [3.63, 3.8) is 0 Å². The van der Waals surface area contributed by atoms with Crippen LogP contribution in [-0.2, 0) is 0 Å². The van der Waals surface area contributed by atoms with E-state index in [1.165, 1.54) is 6.42 Å². The highest BCUT2D eigenvalue weighted by atomic mass is 16.3. The molecule has 4 aliphatic rings. The Morgan fingerprint density at radius 3 is 2.89 bits per heavy atom. The summed E-state index contributed by atoms with van der Waals surface area (Å²) in [7, 11) is -0.0765. The molecule has 6 rings (SSSR count). The van der Waals surface area contributed by atoms with Gasteiger partial charge in [0.25, 0.3) is 0 Å². The zero-order valence-corrected chi connectivity index (χ0v) is 16.9.